The molecule has 5 atom stereocenters. The van der Waals surface area contributed by atoms with E-state index in [-0.39, 0.29) is 11.9 Å². The summed E-state index contributed by atoms with van der Waals surface area (Å²) in [6.07, 6.45) is -0.961. The molecular formula is C12H16O5. The zero-order chi connectivity index (χ0) is 12.2. The number of epoxide rings is 1. The van der Waals surface area contributed by atoms with Gasteiger partial charge in [-0.1, -0.05) is 13.3 Å². The van der Waals surface area contributed by atoms with Gasteiger partial charge in [-0.2, -0.15) is 0 Å². The van der Waals surface area contributed by atoms with Crippen molar-refractivity contribution in [3.63, 3.8) is 0 Å². The van der Waals surface area contributed by atoms with Crippen LogP contribution >= 0.6 is 0 Å². The molecule has 5 nitrogen and oxygen atoms in total. The summed E-state index contributed by atoms with van der Waals surface area (Å²) in [5.74, 6) is -0.0845. The average Bonchev–Trinajstić information content (AvgIpc) is 3.06. The van der Waals surface area contributed by atoms with E-state index in [1.165, 1.54) is 0 Å². The highest BCUT2D eigenvalue weighted by Crippen LogP contribution is 2.43. The maximum atomic E-state index is 12.0. The van der Waals surface area contributed by atoms with E-state index >= 15 is 0 Å². The standard InChI is InChI=1S/C12H16O5/c1-2-3-5-4-6-7(12(15)16-5)9(14)11-10(17-11)8(6)13/h5,9-12,14-15H,2-4H2,1H3/t5-,9+,10+,11-,12+/m0/s1. The van der Waals surface area contributed by atoms with E-state index in [1.54, 1.807) is 0 Å². The average molecular weight is 240 g/mol. The number of Topliss-reactive ketones (excluding diaryl/α,β-unsaturated/α-hetero) is 1. The van der Waals surface area contributed by atoms with Gasteiger partial charge in [-0.05, 0) is 6.42 Å². The van der Waals surface area contributed by atoms with Crippen LogP contribution in [0.1, 0.15) is 26.2 Å². The molecule has 1 fully saturated rings. The normalized spacial score (nSPS) is 44.4. The lowest BCUT2D eigenvalue weighted by Crippen LogP contribution is -2.43. The van der Waals surface area contributed by atoms with Crippen molar-refractivity contribution in [3.8, 4) is 0 Å². The molecule has 17 heavy (non-hydrogen) atoms. The fourth-order valence-corrected chi connectivity index (χ4v) is 2.78. The zero-order valence-corrected chi connectivity index (χ0v) is 9.63. The molecule has 3 aliphatic rings. The third-order valence-electron chi connectivity index (χ3n) is 3.69. The van der Waals surface area contributed by atoms with Crippen LogP contribution in [0.4, 0.5) is 0 Å². The lowest BCUT2D eigenvalue weighted by molar-refractivity contribution is -0.139. The Morgan fingerprint density at radius 1 is 1.35 bits per heavy atom. The molecule has 0 aromatic rings. The summed E-state index contributed by atoms with van der Waals surface area (Å²) >= 11 is 0. The third-order valence-corrected chi connectivity index (χ3v) is 3.69. The summed E-state index contributed by atoms with van der Waals surface area (Å²) in [5.41, 5.74) is 0.842. The summed E-state index contributed by atoms with van der Waals surface area (Å²) in [4.78, 5) is 12.0. The minimum atomic E-state index is -1.17. The molecule has 3 rings (SSSR count). The topological polar surface area (TPSA) is 79.3 Å². The number of fused-ring (bicyclic) bond motifs is 1. The second-order valence-electron chi connectivity index (χ2n) is 4.87. The van der Waals surface area contributed by atoms with Crippen LogP contribution in [-0.2, 0) is 14.3 Å². The monoisotopic (exact) mass is 240 g/mol. The highest BCUT2D eigenvalue weighted by molar-refractivity contribution is 6.03. The smallest absolute Gasteiger partial charge is 0.190 e. The van der Waals surface area contributed by atoms with Crippen LogP contribution in [0.2, 0.25) is 0 Å². The molecule has 0 radical (unpaired) electrons. The Balaban J connectivity index is 1.91. The van der Waals surface area contributed by atoms with Crippen LogP contribution in [0.25, 0.3) is 0 Å². The number of carbonyl (C=O) groups excluding carboxylic acids is 1. The van der Waals surface area contributed by atoms with Gasteiger partial charge in [0.25, 0.3) is 0 Å². The molecule has 0 spiro atoms. The van der Waals surface area contributed by atoms with E-state index < -0.39 is 24.6 Å². The quantitative estimate of drug-likeness (QED) is 0.659. The van der Waals surface area contributed by atoms with E-state index in [4.69, 9.17) is 9.47 Å². The Kier molecular flexibility index (Phi) is 2.59. The second-order valence-corrected chi connectivity index (χ2v) is 4.87. The van der Waals surface area contributed by atoms with E-state index in [9.17, 15) is 15.0 Å². The van der Waals surface area contributed by atoms with Crippen molar-refractivity contribution in [1.29, 1.82) is 0 Å². The molecule has 0 saturated carbocycles. The lowest BCUT2D eigenvalue weighted by Gasteiger charge is -2.34. The zero-order valence-electron chi connectivity index (χ0n) is 9.63. The first-order valence-corrected chi connectivity index (χ1v) is 6.07. The Bertz CT molecular complexity index is 388. The highest BCUT2D eigenvalue weighted by atomic mass is 16.6. The van der Waals surface area contributed by atoms with E-state index in [0.717, 1.165) is 12.8 Å². The molecule has 0 amide bonds. The number of ketones is 1. The van der Waals surface area contributed by atoms with Crippen molar-refractivity contribution in [2.75, 3.05) is 0 Å². The molecule has 2 aliphatic heterocycles. The summed E-state index contributed by atoms with van der Waals surface area (Å²) in [6, 6.07) is 0. The predicted molar refractivity (Wildman–Crippen MR) is 57.1 cm³/mol. The van der Waals surface area contributed by atoms with Crippen LogP contribution in [-0.4, -0.2) is 46.7 Å². The second kappa shape index (κ2) is 3.88. The molecule has 0 unspecified atom stereocenters. The van der Waals surface area contributed by atoms with Gasteiger partial charge in [-0.15, -0.1) is 0 Å². The van der Waals surface area contributed by atoms with Crippen LogP contribution in [0.3, 0.4) is 0 Å². The van der Waals surface area contributed by atoms with Crippen molar-refractivity contribution >= 4 is 5.78 Å². The van der Waals surface area contributed by atoms with Gasteiger partial charge in [0.15, 0.2) is 12.1 Å². The van der Waals surface area contributed by atoms with Gasteiger partial charge in [0.05, 0.1) is 6.10 Å². The lowest BCUT2D eigenvalue weighted by atomic mass is 9.83. The predicted octanol–water partition coefficient (Wildman–Crippen LogP) is -0.0986. The van der Waals surface area contributed by atoms with Crippen LogP contribution in [0.5, 0.6) is 0 Å². The summed E-state index contributed by atoms with van der Waals surface area (Å²) in [6.45, 7) is 2.03. The van der Waals surface area contributed by atoms with Crippen molar-refractivity contribution in [1.82, 2.24) is 0 Å². The highest BCUT2D eigenvalue weighted by Gasteiger charge is 2.58. The molecule has 2 N–H and O–H groups in total. The first-order valence-electron chi connectivity index (χ1n) is 6.07. The Morgan fingerprint density at radius 3 is 2.82 bits per heavy atom. The minimum Gasteiger partial charge on any atom is -0.386 e. The molecule has 5 heteroatoms. The van der Waals surface area contributed by atoms with E-state index in [1.807, 2.05) is 6.92 Å². The van der Waals surface area contributed by atoms with Gasteiger partial charge in [-0.3, -0.25) is 4.79 Å². The molecule has 1 saturated heterocycles. The Hall–Kier alpha value is -0.750. The molecule has 94 valence electrons. The van der Waals surface area contributed by atoms with Gasteiger partial charge in [-0.25, -0.2) is 0 Å². The SMILES string of the molecule is CCC[C@H]1CC2=C([C@H](O)O1)[C@@H](O)[C@@H]1O[C@@H]1C2=O. The van der Waals surface area contributed by atoms with Crippen molar-refractivity contribution in [2.45, 2.75) is 56.9 Å². The minimum absolute atomic E-state index is 0.0845. The maximum Gasteiger partial charge on any atom is 0.190 e. The fourth-order valence-electron chi connectivity index (χ4n) is 2.78. The Labute approximate surface area is 99.0 Å². The van der Waals surface area contributed by atoms with Gasteiger partial charge >= 0.3 is 0 Å². The van der Waals surface area contributed by atoms with Gasteiger partial charge in [0.1, 0.15) is 18.3 Å². The molecule has 2 heterocycles. The van der Waals surface area contributed by atoms with E-state index in [2.05, 4.69) is 0 Å². The van der Waals surface area contributed by atoms with Gasteiger partial charge in [0, 0.05) is 17.6 Å². The van der Waals surface area contributed by atoms with Crippen LogP contribution in [0.15, 0.2) is 11.1 Å². The number of aliphatic hydroxyl groups is 2. The summed E-state index contributed by atoms with van der Waals surface area (Å²) in [5, 5.41) is 19.8. The van der Waals surface area contributed by atoms with Crippen molar-refractivity contribution in [2.24, 2.45) is 0 Å². The third kappa shape index (κ3) is 1.65. The molecule has 0 aromatic heterocycles. The van der Waals surface area contributed by atoms with Gasteiger partial charge < -0.3 is 19.7 Å². The van der Waals surface area contributed by atoms with Crippen molar-refractivity contribution in [3.05, 3.63) is 11.1 Å². The number of carbonyl (C=O) groups is 1. The Morgan fingerprint density at radius 2 is 2.12 bits per heavy atom. The number of rotatable bonds is 2. The largest absolute Gasteiger partial charge is 0.386 e. The molecule has 1 aliphatic carbocycles. The van der Waals surface area contributed by atoms with Crippen molar-refractivity contribution < 1.29 is 24.5 Å². The van der Waals surface area contributed by atoms with Gasteiger partial charge in [0.2, 0.25) is 0 Å². The maximum absolute atomic E-state index is 12.0. The number of ether oxygens (including phenoxy) is 2. The fraction of sp³-hybridized carbons (Fsp3) is 0.750. The first-order chi connectivity index (χ1) is 8.13. The van der Waals surface area contributed by atoms with Crippen LogP contribution in [0, 0.1) is 0 Å². The number of hydrogen-bond acceptors (Lipinski definition) is 5. The summed E-state index contributed by atoms with van der Waals surface area (Å²) in [7, 11) is 0. The molecular weight excluding hydrogens is 224 g/mol. The first kappa shape index (κ1) is 11.3. The number of hydrogen-bond donors (Lipinski definition) is 2. The molecule has 0 bridgehead atoms. The summed E-state index contributed by atoms with van der Waals surface area (Å²) < 4.78 is 10.5. The number of aliphatic hydroxyl groups excluding tert-OH is 2. The van der Waals surface area contributed by atoms with E-state index in [0.29, 0.717) is 17.6 Å². The molecule has 0 aromatic carbocycles. The van der Waals surface area contributed by atoms with Crippen LogP contribution < -0.4 is 0 Å².